The number of ether oxygens (including phenoxy) is 1. The third kappa shape index (κ3) is 2.66. The first-order valence-corrected chi connectivity index (χ1v) is 9.41. The van der Waals surface area contributed by atoms with E-state index in [9.17, 15) is 0 Å². The number of nitrogens with one attached hydrogen (secondary N) is 1. The number of anilines is 1. The Kier molecular flexibility index (Phi) is 3.82. The molecule has 0 unspecified atom stereocenters. The Morgan fingerprint density at radius 1 is 1.26 bits per heavy atom. The van der Waals surface area contributed by atoms with Crippen LogP contribution in [0.1, 0.15) is 19.5 Å². The molecule has 0 radical (unpaired) electrons. The lowest BCUT2D eigenvalue weighted by Crippen LogP contribution is -2.44. The normalized spacial score (nSPS) is 17.9. The van der Waals surface area contributed by atoms with Crippen LogP contribution in [0.3, 0.4) is 0 Å². The SMILES string of the molecule is CCc1n[nH]c2ccc(-c3cnc4ccc(N5CCOC[C@@H]5C)nn34)cc12. The highest BCUT2D eigenvalue weighted by molar-refractivity contribution is 5.86. The fourth-order valence-electron chi connectivity index (χ4n) is 3.78. The molecule has 0 spiro atoms. The van der Waals surface area contributed by atoms with Crippen LogP contribution in [0.15, 0.2) is 36.5 Å². The average Bonchev–Trinajstić information content (AvgIpc) is 3.31. The van der Waals surface area contributed by atoms with E-state index in [0.29, 0.717) is 6.04 Å². The average molecular weight is 362 g/mol. The number of hydrogen-bond donors (Lipinski definition) is 1. The molecule has 1 fully saturated rings. The van der Waals surface area contributed by atoms with Crippen molar-refractivity contribution in [3.8, 4) is 11.3 Å². The predicted octanol–water partition coefficient (Wildman–Crippen LogP) is 3.06. The number of benzene rings is 1. The largest absolute Gasteiger partial charge is 0.377 e. The van der Waals surface area contributed by atoms with Crippen LogP contribution in [0.5, 0.6) is 0 Å². The maximum absolute atomic E-state index is 5.56. The molecule has 0 bridgehead atoms. The minimum Gasteiger partial charge on any atom is -0.377 e. The van der Waals surface area contributed by atoms with Gasteiger partial charge in [-0.05, 0) is 37.6 Å². The van der Waals surface area contributed by atoms with Gasteiger partial charge in [-0.2, -0.15) is 5.10 Å². The summed E-state index contributed by atoms with van der Waals surface area (Å²) >= 11 is 0. The third-order valence-electron chi connectivity index (χ3n) is 5.28. The van der Waals surface area contributed by atoms with Crippen LogP contribution in [0.4, 0.5) is 5.82 Å². The van der Waals surface area contributed by atoms with Crippen LogP contribution in [-0.2, 0) is 11.2 Å². The minimum absolute atomic E-state index is 0.310. The summed E-state index contributed by atoms with van der Waals surface area (Å²) in [7, 11) is 0. The Hall–Kier alpha value is -2.93. The summed E-state index contributed by atoms with van der Waals surface area (Å²) in [6.07, 6.45) is 2.79. The molecule has 1 N–H and O–H groups in total. The van der Waals surface area contributed by atoms with E-state index in [1.54, 1.807) is 0 Å². The monoisotopic (exact) mass is 362 g/mol. The number of rotatable bonds is 3. The molecule has 1 atom stereocenters. The van der Waals surface area contributed by atoms with E-state index in [2.05, 4.69) is 52.1 Å². The second-order valence-electron chi connectivity index (χ2n) is 7.01. The number of fused-ring (bicyclic) bond motifs is 2. The highest BCUT2D eigenvalue weighted by Crippen LogP contribution is 2.27. The van der Waals surface area contributed by atoms with E-state index in [-0.39, 0.29) is 0 Å². The van der Waals surface area contributed by atoms with E-state index in [4.69, 9.17) is 9.84 Å². The van der Waals surface area contributed by atoms with Crippen LogP contribution >= 0.6 is 0 Å². The summed E-state index contributed by atoms with van der Waals surface area (Å²) in [5, 5.41) is 13.6. The van der Waals surface area contributed by atoms with Gasteiger partial charge in [-0.25, -0.2) is 9.50 Å². The highest BCUT2D eigenvalue weighted by atomic mass is 16.5. The molecule has 3 aromatic heterocycles. The molecule has 138 valence electrons. The van der Waals surface area contributed by atoms with Crippen molar-refractivity contribution in [2.45, 2.75) is 26.3 Å². The van der Waals surface area contributed by atoms with E-state index in [0.717, 1.165) is 65.5 Å². The summed E-state index contributed by atoms with van der Waals surface area (Å²) in [4.78, 5) is 6.84. The minimum atomic E-state index is 0.310. The maximum atomic E-state index is 5.56. The number of hydrogen-bond acceptors (Lipinski definition) is 5. The fourth-order valence-corrected chi connectivity index (χ4v) is 3.78. The molecule has 0 aliphatic carbocycles. The van der Waals surface area contributed by atoms with Gasteiger partial charge < -0.3 is 9.64 Å². The van der Waals surface area contributed by atoms with Crippen molar-refractivity contribution in [2.24, 2.45) is 0 Å². The molecule has 4 heterocycles. The van der Waals surface area contributed by atoms with Gasteiger partial charge in [0.1, 0.15) is 5.82 Å². The fraction of sp³-hybridized carbons (Fsp3) is 0.350. The Morgan fingerprint density at radius 3 is 3.04 bits per heavy atom. The molecule has 1 aromatic carbocycles. The van der Waals surface area contributed by atoms with Crippen LogP contribution in [0.25, 0.3) is 27.8 Å². The Bertz CT molecular complexity index is 1110. The van der Waals surface area contributed by atoms with Gasteiger partial charge in [0.15, 0.2) is 5.65 Å². The number of morpholine rings is 1. The van der Waals surface area contributed by atoms with Crippen molar-refractivity contribution in [3.63, 3.8) is 0 Å². The first-order valence-electron chi connectivity index (χ1n) is 9.41. The molecule has 1 aliphatic rings. The number of nitrogens with zero attached hydrogens (tertiary/aromatic N) is 5. The summed E-state index contributed by atoms with van der Waals surface area (Å²) in [5.41, 5.74) is 5.05. The highest BCUT2D eigenvalue weighted by Gasteiger charge is 2.21. The van der Waals surface area contributed by atoms with Crippen LogP contribution in [0, 0.1) is 0 Å². The predicted molar refractivity (Wildman–Crippen MR) is 105 cm³/mol. The molecule has 4 aromatic rings. The number of H-pyrrole nitrogens is 1. The quantitative estimate of drug-likeness (QED) is 0.606. The number of imidazole rings is 1. The van der Waals surface area contributed by atoms with E-state index in [1.165, 1.54) is 0 Å². The molecular formula is C20H22N6O. The number of aromatic nitrogens is 5. The first-order chi connectivity index (χ1) is 13.2. The van der Waals surface area contributed by atoms with E-state index in [1.807, 2.05) is 22.8 Å². The van der Waals surface area contributed by atoms with Gasteiger partial charge in [-0.3, -0.25) is 5.10 Å². The molecule has 0 amide bonds. The lowest BCUT2D eigenvalue weighted by Gasteiger charge is -2.34. The summed E-state index contributed by atoms with van der Waals surface area (Å²) in [6, 6.07) is 10.7. The van der Waals surface area contributed by atoms with Crippen molar-refractivity contribution in [3.05, 3.63) is 42.2 Å². The van der Waals surface area contributed by atoms with Crippen molar-refractivity contribution >= 4 is 22.4 Å². The molecule has 7 nitrogen and oxygen atoms in total. The number of aromatic amines is 1. The standard InChI is InChI=1S/C20H22N6O/c1-3-16-15-10-14(4-5-17(15)23-22-16)18-11-21-19-6-7-20(24-26(18)19)25-8-9-27-12-13(25)2/h4-7,10-11,13H,3,8-9,12H2,1-2H3,(H,22,23)/t13-/m0/s1. The summed E-state index contributed by atoms with van der Waals surface area (Å²) in [5.74, 6) is 0.955. The molecule has 5 rings (SSSR count). The molecule has 1 aliphatic heterocycles. The zero-order valence-corrected chi connectivity index (χ0v) is 15.5. The van der Waals surface area contributed by atoms with Gasteiger partial charge >= 0.3 is 0 Å². The first kappa shape index (κ1) is 16.3. The summed E-state index contributed by atoms with van der Waals surface area (Å²) in [6.45, 7) is 6.60. The molecule has 7 heteroatoms. The third-order valence-corrected chi connectivity index (χ3v) is 5.28. The molecular weight excluding hydrogens is 340 g/mol. The second-order valence-corrected chi connectivity index (χ2v) is 7.01. The van der Waals surface area contributed by atoms with Crippen molar-refractivity contribution < 1.29 is 4.74 Å². The lowest BCUT2D eigenvalue weighted by molar-refractivity contribution is 0.0984. The van der Waals surface area contributed by atoms with Gasteiger partial charge in [-0.1, -0.05) is 13.0 Å². The lowest BCUT2D eigenvalue weighted by atomic mass is 10.1. The van der Waals surface area contributed by atoms with Gasteiger partial charge in [0.2, 0.25) is 0 Å². The smallest absolute Gasteiger partial charge is 0.154 e. The summed E-state index contributed by atoms with van der Waals surface area (Å²) < 4.78 is 7.49. The Balaban J connectivity index is 1.62. The van der Waals surface area contributed by atoms with Crippen molar-refractivity contribution in [1.82, 2.24) is 24.8 Å². The van der Waals surface area contributed by atoms with Crippen LogP contribution in [-0.4, -0.2) is 50.6 Å². The molecule has 1 saturated heterocycles. The van der Waals surface area contributed by atoms with Crippen molar-refractivity contribution in [1.29, 1.82) is 0 Å². The van der Waals surface area contributed by atoms with Gasteiger partial charge in [0.05, 0.1) is 42.4 Å². The second kappa shape index (κ2) is 6.35. The molecule has 0 saturated carbocycles. The van der Waals surface area contributed by atoms with E-state index < -0.39 is 0 Å². The topological polar surface area (TPSA) is 71.3 Å². The van der Waals surface area contributed by atoms with Crippen molar-refractivity contribution in [2.75, 3.05) is 24.7 Å². The van der Waals surface area contributed by atoms with Gasteiger partial charge in [-0.15, -0.1) is 5.10 Å². The zero-order chi connectivity index (χ0) is 18.4. The Labute approximate surface area is 157 Å². The van der Waals surface area contributed by atoms with Crippen LogP contribution < -0.4 is 4.90 Å². The van der Waals surface area contributed by atoms with Crippen LogP contribution in [0.2, 0.25) is 0 Å². The van der Waals surface area contributed by atoms with Gasteiger partial charge in [0, 0.05) is 17.5 Å². The maximum Gasteiger partial charge on any atom is 0.154 e. The van der Waals surface area contributed by atoms with E-state index >= 15 is 0 Å². The zero-order valence-electron chi connectivity index (χ0n) is 15.5. The van der Waals surface area contributed by atoms with Gasteiger partial charge in [0.25, 0.3) is 0 Å². The Morgan fingerprint density at radius 2 is 2.19 bits per heavy atom. The molecule has 27 heavy (non-hydrogen) atoms. The number of aryl methyl sites for hydroxylation is 1.